The van der Waals surface area contributed by atoms with Gasteiger partial charge in [0.2, 0.25) is 0 Å². The number of benzene rings is 4. The second-order valence-electron chi connectivity index (χ2n) is 21.7. The Morgan fingerprint density at radius 1 is 0.258 bits per heavy atom. The quantitative estimate of drug-likeness (QED) is 0.152. The molecule has 2 N–H and O–H groups in total. The molecule has 11 rings (SSSR count). The minimum absolute atomic E-state index is 0.0181. The molecule has 0 saturated carbocycles. The Hall–Kier alpha value is -4.72. The molecule has 7 heterocycles. The first-order valence-corrected chi connectivity index (χ1v) is 25.2. The standard InChI is InChI=1S/C56H54N2S4/c1-53(2,3)29-21-33-35-23-31(55(7,8)9)27-39-43-15-17-45(60-43)47-19-20-48(62-47)46-18-16-44(61-46)40-28-32(56(10,11)12)24-36-34-22-30(54(4,5)6)26-38(50(34)58-52(36)40)42-14-13-41(59-42)37(25-29)49(33)57-51(35)39/h13-28,57-58H,1-12H3. The van der Waals surface area contributed by atoms with Crippen LogP contribution in [0.15, 0.2) is 97.1 Å². The second kappa shape index (κ2) is 13.4. The summed E-state index contributed by atoms with van der Waals surface area (Å²) >= 11 is 7.64. The van der Waals surface area contributed by atoms with Gasteiger partial charge < -0.3 is 9.97 Å². The van der Waals surface area contributed by atoms with Crippen LogP contribution in [0.3, 0.4) is 0 Å². The molecule has 0 amide bonds. The summed E-state index contributed by atoms with van der Waals surface area (Å²) in [6.45, 7) is 28.1. The van der Waals surface area contributed by atoms with Gasteiger partial charge in [0, 0.05) is 80.7 Å². The highest BCUT2D eigenvalue weighted by atomic mass is 32.1. The van der Waals surface area contributed by atoms with Gasteiger partial charge in [-0.05, 0) is 141 Å². The van der Waals surface area contributed by atoms with Crippen LogP contribution < -0.4 is 0 Å². The molecule has 6 heteroatoms. The number of thiophene rings is 4. The molecular weight excluding hydrogens is 829 g/mol. The lowest BCUT2D eigenvalue weighted by molar-refractivity contribution is 0.591. The highest BCUT2D eigenvalue weighted by molar-refractivity contribution is 7.34. The van der Waals surface area contributed by atoms with Crippen molar-refractivity contribution in [3.63, 3.8) is 0 Å². The van der Waals surface area contributed by atoms with Crippen LogP contribution in [0.2, 0.25) is 0 Å². The van der Waals surface area contributed by atoms with Gasteiger partial charge in [0.05, 0.1) is 22.1 Å². The Kier molecular flexibility index (Phi) is 8.66. The smallest absolute Gasteiger partial charge is 0.0553 e. The van der Waals surface area contributed by atoms with Crippen molar-refractivity contribution in [3.8, 4) is 0 Å². The summed E-state index contributed by atoms with van der Waals surface area (Å²) in [5.41, 5.74) is 10.2. The highest BCUT2D eigenvalue weighted by Gasteiger charge is 2.24. The molecule has 312 valence electrons. The summed E-state index contributed by atoms with van der Waals surface area (Å²) in [4.78, 5) is 8.20. The molecule has 0 fully saturated rings. The van der Waals surface area contributed by atoms with Crippen molar-refractivity contribution in [3.05, 3.63) is 119 Å². The van der Waals surface area contributed by atoms with E-state index in [0.29, 0.717) is 0 Å². The lowest BCUT2D eigenvalue weighted by Gasteiger charge is -2.20. The van der Waals surface area contributed by atoms with Gasteiger partial charge in [-0.2, -0.15) is 0 Å². The van der Waals surface area contributed by atoms with E-state index in [-0.39, 0.29) is 21.7 Å². The largest absolute Gasteiger partial charge is 0.353 e. The van der Waals surface area contributed by atoms with E-state index in [1.165, 1.54) is 125 Å². The molecule has 0 saturated heterocycles. The van der Waals surface area contributed by atoms with Crippen LogP contribution in [0.5, 0.6) is 0 Å². The number of hydrogen-bond acceptors (Lipinski definition) is 4. The van der Waals surface area contributed by atoms with E-state index in [0.717, 1.165) is 0 Å². The van der Waals surface area contributed by atoms with Crippen molar-refractivity contribution in [1.82, 2.24) is 9.97 Å². The molecule has 11 aromatic rings. The van der Waals surface area contributed by atoms with Crippen LogP contribution >= 0.6 is 45.3 Å². The van der Waals surface area contributed by atoms with Crippen molar-refractivity contribution in [2.75, 3.05) is 0 Å². The fourth-order valence-corrected chi connectivity index (χ4v) is 13.5. The van der Waals surface area contributed by atoms with Crippen molar-refractivity contribution in [1.29, 1.82) is 0 Å². The fraction of sp³-hybridized carbons (Fsp3) is 0.286. The first-order chi connectivity index (χ1) is 29.2. The Morgan fingerprint density at radius 2 is 0.435 bits per heavy atom. The van der Waals surface area contributed by atoms with Gasteiger partial charge in [-0.15, -0.1) is 45.3 Å². The summed E-state index contributed by atoms with van der Waals surface area (Å²) in [6, 6.07) is 38.5. The van der Waals surface area contributed by atoms with E-state index in [1.54, 1.807) is 0 Å². The molecule has 62 heavy (non-hydrogen) atoms. The first-order valence-electron chi connectivity index (χ1n) is 21.9. The minimum atomic E-state index is -0.0343. The SMILES string of the molecule is CC(C)(C)c1cc2c3ccc(s3)c3ccc(s3)c3ccc(s3)c3cc(C(C)(C)C)cc4c5cc(C(C)(C)C)cc(c6ccc(s6)c6cc(C(C)(C)C)cc7c(c1)c2[nH]c67)c5[nH]c34. The molecule has 2 nitrogen and oxygen atoms in total. The summed E-state index contributed by atoms with van der Waals surface area (Å²) in [7, 11) is 0. The summed E-state index contributed by atoms with van der Waals surface area (Å²) in [5.74, 6) is 0. The predicted octanol–water partition coefficient (Wildman–Crippen LogP) is 19.0. The zero-order valence-electron chi connectivity index (χ0n) is 37.9. The average Bonchev–Trinajstić information content (AvgIpc) is 4.05. The van der Waals surface area contributed by atoms with Crippen LogP contribution in [0.25, 0.3) is 103 Å². The van der Waals surface area contributed by atoms with Gasteiger partial charge in [-0.25, -0.2) is 0 Å². The van der Waals surface area contributed by atoms with E-state index in [2.05, 4.69) is 190 Å². The third kappa shape index (κ3) is 6.42. The number of nitrogens with one attached hydrogen (secondary N) is 2. The zero-order valence-corrected chi connectivity index (χ0v) is 41.1. The molecular formula is C56H54N2S4. The Labute approximate surface area is 379 Å². The molecule has 0 spiro atoms. The van der Waals surface area contributed by atoms with Gasteiger partial charge in [0.1, 0.15) is 0 Å². The van der Waals surface area contributed by atoms with Gasteiger partial charge in [0.25, 0.3) is 0 Å². The van der Waals surface area contributed by atoms with Crippen LogP contribution in [0.1, 0.15) is 105 Å². The number of aromatic nitrogens is 2. The summed E-state index contributed by atoms with van der Waals surface area (Å²) in [5, 5.41) is 10.3. The monoisotopic (exact) mass is 882 g/mol. The first kappa shape index (κ1) is 40.1. The molecule has 0 aliphatic rings. The highest BCUT2D eigenvalue weighted by Crippen LogP contribution is 2.45. The normalized spacial score (nSPS) is 13.5. The molecule has 0 unspecified atom stereocenters. The minimum Gasteiger partial charge on any atom is -0.353 e. The Balaban J connectivity index is 1.39. The van der Waals surface area contributed by atoms with E-state index in [4.69, 9.17) is 0 Å². The van der Waals surface area contributed by atoms with Gasteiger partial charge in [0.15, 0.2) is 0 Å². The predicted molar refractivity (Wildman–Crippen MR) is 283 cm³/mol. The molecule has 0 radical (unpaired) electrons. The third-order valence-electron chi connectivity index (χ3n) is 13.1. The second-order valence-corrected chi connectivity index (χ2v) is 26.0. The van der Waals surface area contributed by atoms with Crippen molar-refractivity contribution in [2.24, 2.45) is 0 Å². The number of aromatic amines is 2. The maximum Gasteiger partial charge on any atom is 0.0553 e. The molecule has 7 aromatic heterocycles. The molecule has 4 aromatic carbocycles. The lowest BCUT2D eigenvalue weighted by Crippen LogP contribution is -2.11. The van der Waals surface area contributed by atoms with Gasteiger partial charge in [-0.3, -0.25) is 0 Å². The third-order valence-corrected chi connectivity index (χ3v) is 17.9. The number of H-pyrrole nitrogens is 2. The number of hydrogen-bond donors (Lipinski definition) is 2. The molecule has 0 aliphatic heterocycles. The average molecular weight is 883 g/mol. The van der Waals surface area contributed by atoms with Crippen molar-refractivity contribution in [2.45, 2.75) is 105 Å². The van der Waals surface area contributed by atoms with Crippen LogP contribution in [0.4, 0.5) is 0 Å². The van der Waals surface area contributed by atoms with E-state index in [9.17, 15) is 0 Å². The molecule has 12 bridgehead atoms. The van der Waals surface area contributed by atoms with E-state index in [1.807, 2.05) is 45.3 Å². The number of fused-ring (bicyclic) bond motifs is 16. The van der Waals surface area contributed by atoms with Crippen molar-refractivity contribution >= 4 is 148 Å². The van der Waals surface area contributed by atoms with E-state index < -0.39 is 0 Å². The van der Waals surface area contributed by atoms with Crippen LogP contribution in [-0.4, -0.2) is 9.97 Å². The fourth-order valence-electron chi connectivity index (χ4n) is 9.18. The topological polar surface area (TPSA) is 31.6 Å². The maximum atomic E-state index is 4.10. The van der Waals surface area contributed by atoms with E-state index >= 15 is 0 Å². The lowest BCUT2D eigenvalue weighted by atomic mass is 9.84. The maximum absolute atomic E-state index is 4.10. The Bertz CT molecular complexity index is 3540. The van der Waals surface area contributed by atoms with Gasteiger partial charge in [-0.1, -0.05) is 83.1 Å². The zero-order chi connectivity index (χ0) is 43.4. The number of rotatable bonds is 0. The molecule has 0 aliphatic carbocycles. The Morgan fingerprint density at radius 3 is 0.661 bits per heavy atom. The van der Waals surface area contributed by atoms with Crippen LogP contribution in [0, 0.1) is 0 Å². The summed E-state index contributed by atoms with van der Waals surface area (Å²) < 4.78 is 10.4. The summed E-state index contributed by atoms with van der Waals surface area (Å²) in [6.07, 6.45) is 0. The van der Waals surface area contributed by atoms with Crippen LogP contribution in [-0.2, 0) is 21.7 Å². The van der Waals surface area contributed by atoms with Crippen molar-refractivity contribution < 1.29 is 0 Å². The van der Waals surface area contributed by atoms with Gasteiger partial charge >= 0.3 is 0 Å². The molecule has 0 atom stereocenters.